The van der Waals surface area contributed by atoms with Crippen molar-refractivity contribution in [3.8, 4) is 0 Å². The second-order valence-electron chi connectivity index (χ2n) is 4.19. The van der Waals surface area contributed by atoms with E-state index >= 15 is 0 Å². The molecule has 0 aliphatic heterocycles. The molecule has 1 rings (SSSR count). The monoisotopic (exact) mass is 336 g/mol. The molecular weight excluding hydrogens is 320 g/mol. The molecule has 0 unspecified atom stereocenters. The lowest BCUT2D eigenvalue weighted by atomic mass is 10.2. The number of aromatic carboxylic acids is 1. The molecule has 118 valence electrons. The molecule has 4 N–H and O–H groups in total. The summed E-state index contributed by atoms with van der Waals surface area (Å²) in [6.45, 7) is 1.11. The predicted molar refractivity (Wildman–Crippen MR) is 77.3 cm³/mol. The third kappa shape index (κ3) is 4.69. The molecule has 0 atom stereocenters. The number of nitrogens with two attached hydrogens (primary N) is 1. The Kier molecular flexibility index (Phi) is 5.31. The number of benzene rings is 1. The van der Waals surface area contributed by atoms with E-state index < -0.39 is 36.3 Å². The zero-order valence-electron chi connectivity index (χ0n) is 11.2. The van der Waals surface area contributed by atoms with Gasteiger partial charge in [0.25, 0.3) is 0 Å². The van der Waals surface area contributed by atoms with Gasteiger partial charge in [-0.2, -0.15) is 0 Å². The summed E-state index contributed by atoms with van der Waals surface area (Å²) in [6, 6.07) is 3.36. The van der Waals surface area contributed by atoms with Gasteiger partial charge in [0.2, 0.25) is 10.0 Å². The Labute approximate surface area is 122 Å². The van der Waals surface area contributed by atoms with Gasteiger partial charge in [0, 0.05) is 18.0 Å². The fourth-order valence-electron chi connectivity index (χ4n) is 1.49. The molecule has 0 aliphatic rings. The number of nitrogens with one attached hydrogen (secondary N) is 1. The molecule has 0 heterocycles. The van der Waals surface area contributed by atoms with Gasteiger partial charge in [0.05, 0.1) is 16.2 Å². The number of rotatable bonds is 7. The lowest BCUT2D eigenvalue weighted by molar-refractivity contribution is 0.0692. The van der Waals surface area contributed by atoms with Crippen molar-refractivity contribution in [1.82, 2.24) is 4.72 Å². The van der Waals surface area contributed by atoms with Crippen molar-refractivity contribution in [3.05, 3.63) is 23.8 Å². The Bertz CT molecular complexity index is 740. The van der Waals surface area contributed by atoms with Crippen LogP contribution in [0.15, 0.2) is 23.1 Å². The van der Waals surface area contributed by atoms with E-state index in [-0.39, 0.29) is 23.7 Å². The Morgan fingerprint density at radius 3 is 2.43 bits per heavy atom. The standard InChI is InChI=1S/C11H16N2O6S2/c1-2-20(16,17)6-5-13-21(18,19)10-7-8(12)3-4-9(10)11(14)15/h3-4,7,13H,2,5-6,12H2,1H3,(H,14,15). The van der Waals surface area contributed by atoms with Gasteiger partial charge in [0.15, 0.2) is 9.84 Å². The van der Waals surface area contributed by atoms with Crippen LogP contribution >= 0.6 is 0 Å². The first-order chi connectivity index (χ1) is 9.59. The molecule has 10 heteroatoms. The molecule has 1 aromatic rings. The number of carbonyl (C=O) groups is 1. The summed E-state index contributed by atoms with van der Waals surface area (Å²) in [5.74, 6) is -1.89. The highest BCUT2D eigenvalue weighted by Gasteiger charge is 2.23. The minimum absolute atomic E-state index is 0.0848. The molecule has 0 saturated carbocycles. The topological polar surface area (TPSA) is 144 Å². The normalized spacial score (nSPS) is 12.2. The van der Waals surface area contributed by atoms with Crippen LogP contribution in [0.25, 0.3) is 0 Å². The molecule has 0 aliphatic carbocycles. The highest BCUT2D eigenvalue weighted by Crippen LogP contribution is 2.19. The van der Waals surface area contributed by atoms with Crippen LogP contribution in [-0.4, -0.2) is 46.0 Å². The molecule has 1 aromatic carbocycles. The van der Waals surface area contributed by atoms with Crippen LogP contribution in [-0.2, 0) is 19.9 Å². The van der Waals surface area contributed by atoms with Crippen molar-refractivity contribution < 1.29 is 26.7 Å². The average molecular weight is 336 g/mol. The smallest absolute Gasteiger partial charge is 0.337 e. The first-order valence-electron chi connectivity index (χ1n) is 5.92. The second kappa shape index (κ2) is 6.41. The fourth-order valence-corrected chi connectivity index (χ4v) is 3.58. The zero-order chi connectivity index (χ0) is 16.3. The van der Waals surface area contributed by atoms with Crippen molar-refractivity contribution in [2.45, 2.75) is 11.8 Å². The Balaban J connectivity index is 3.03. The number of anilines is 1. The summed E-state index contributed by atoms with van der Waals surface area (Å²) in [5.41, 5.74) is 5.11. The van der Waals surface area contributed by atoms with Gasteiger partial charge in [-0.1, -0.05) is 6.92 Å². The van der Waals surface area contributed by atoms with E-state index in [4.69, 9.17) is 10.8 Å². The number of hydrogen-bond donors (Lipinski definition) is 3. The molecule has 0 aromatic heterocycles. The fraction of sp³-hybridized carbons (Fsp3) is 0.364. The summed E-state index contributed by atoms with van der Waals surface area (Å²) in [6.07, 6.45) is 0. The van der Waals surface area contributed by atoms with Gasteiger partial charge in [-0.15, -0.1) is 0 Å². The molecule has 0 fully saturated rings. The van der Waals surface area contributed by atoms with Crippen LogP contribution in [0.3, 0.4) is 0 Å². The van der Waals surface area contributed by atoms with E-state index in [1.165, 1.54) is 13.0 Å². The van der Waals surface area contributed by atoms with Crippen molar-refractivity contribution in [1.29, 1.82) is 0 Å². The maximum absolute atomic E-state index is 12.1. The average Bonchev–Trinajstić information content (AvgIpc) is 2.37. The summed E-state index contributed by atoms with van der Waals surface area (Å²) >= 11 is 0. The van der Waals surface area contributed by atoms with Crippen LogP contribution in [0.5, 0.6) is 0 Å². The molecule has 21 heavy (non-hydrogen) atoms. The number of sulfone groups is 1. The lowest BCUT2D eigenvalue weighted by Gasteiger charge is -2.10. The largest absolute Gasteiger partial charge is 0.478 e. The number of sulfonamides is 1. The minimum atomic E-state index is -4.16. The summed E-state index contributed by atoms with van der Waals surface area (Å²) < 4.78 is 48.8. The molecule has 0 amide bonds. The Morgan fingerprint density at radius 2 is 1.90 bits per heavy atom. The van der Waals surface area contributed by atoms with E-state index in [9.17, 15) is 21.6 Å². The van der Waals surface area contributed by atoms with Gasteiger partial charge in [-0.05, 0) is 18.2 Å². The van der Waals surface area contributed by atoms with E-state index in [0.717, 1.165) is 12.1 Å². The van der Waals surface area contributed by atoms with Gasteiger partial charge >= 0.3 is 5.97 Å². The summed E-state index contributed by atoms with van der Waals surface area (Å²) in [5, 5.41) is 8.98. The molecular formula is C11H16N2O6S2. The van der Waals surface area contributed by atoms with Gasteiger partial charge in [-0.3, -0.25) is 0 Å². The van der Waals surface area contributed by atoms with Crippen LogP contribution in [0.4, 0.5) is 5.69 Å². The molecule has 0 radical (unpaired) electrons. The number of carboxylic acids is 1. The number of carboxylic acid groups (broad SMARTS) is 1. The van der Waals surface area contributed by atoms with E-state index in [2.05, 4.69) is 4.72 Å². The molecule has 0 spiro atoms. The highest BCUT2D eigenvalue weighted by atomic mass is 32.2. The summed E-state index contributed by atoms with van der Waals surface area (Å²) in [7, 11) is -7.49. The van der Waals surface area contributed by atoms with Crippen molar-refractivity contribution in [2.75, 3.05) is 23.8 Å². The van der Waals surface area contributed by atoms with Crippen LogP contribution in [0, 0.1) is 0 Å². The maximum atomic E-state index is 12.1. The van der Waals surface area contributed by atoms with E-state index in [1.807, 2.05) is 0 Å². The van der Waals surface area contributed by atoms with Crippen molar-refractivity contribution in [3.63, 3.8) is 0 Å². The van der Waals surface area contributed by atoms with Gasteiger partial charge in [-0.25, -0.2) is 26.4 Å². The molecule has 0 bridgehead atoms. The third-order valence-corrected chi connectivity index (χ3v) is 5.88. The van der Waals surface area contributed by atoms with Crippen molar-refractivity contribution in [2.24, 2.45) is 0 Å². The molecule has 8 nitrogen and oxygen atoms in total. The first-order valence-corrected chi connectivity index (χ1v) is 9.22. The number of hydrogen-bond acceptors (Lipinski definition) is 6. The second-order valence-corrected chi connectivity index (χ2v) is 8.40. The van der Waals surface area contributed by atoms with Crippen LogP contribution < -0.4 is 10.5 Å². The summed E-state index contributed by atoms with van der Waals surface area (Å²) in [4.78, 5) is 10.5. The lowest BCUT2D eigenvalue weighted by Crippen LogP contribution is -2.30. The zero-order valence-corrected chi connectivity index (χ0v) is 12.9. The highest BCUT2D eigenvalue weighted by molar-refractivity contribution is 7.91. The van der Waals surface area contributed by atoms with E-state index in [1.54, 1.807) is 0 Å². The quantitative estimate of drug-likeness (QED) is 0.579. The first kappa shape index (κ1) is 17.4. The predicted octanol–water partition coefficient (Wildman–Crippen LogP) is -0.320. The van der Waals surface area contributed by atoms with Crippen LogP contribution in [0.1, 0.15) is 17.3 Å². The Morgan fingerprint density at radius 1 is 1.29 bits per heavy atom. The van der Waals surface area contributed by atoms with Crippen molar-refractivity contribution >= 4 is 31.5 Å². The van der Waals surface area contributed by atoms with Crippen LogP contribution in [0.2, 0.25) is 0 Å². The molecule has 0 saturated heterocycles. The van der Waals surface area contributed by atoms with Gasteiger partial charge in [0.1, 0.15) is 0 Å². The SMILES string of the molecule is CCS(=O)(=O)CCNS(=O)(=O)c1cc(N)ccc1C(=O)O. The maximum Gasteiger partial charge on any atom is 0.337 e. The Hall–Kier alpha value is -1.65. The minimum Gasteiger partial charge on any atom is -0.478 e. The number of nitrogen functional groups attached to an aromatic ring is 1. The van der Waals surface area contributed by atoms with E-state index in [0.29, 0.717) is 0 Å². The third-order valence-electron chi connectivity index (χ3n) is 2.67. The van der Waals surface area contributed by atoms with Gasteiger partial charge < -0.3 is 10.8 Å².